The van der Waals surface area contributed by atoms with E-state index in [9.17, 15) is 31.1 Å². The molecule has 0 spiro atoms. The van der Waals surface area contributed by atoms with Gasteiger partial charge in [0.2, 0.25) is 0 Å². The van der Waals surface area contributed by atoms with Gasteiger partial charge in [0.15, 0.2) is 5.92 Å². The number of carboxylic acid groups (broad SMARTS) is 1. The molecule has 0 aromatic heterocycles. The summed E-state index contributed by atoms with van der Waals surface area (Å²) in [7, 11) is 0. The first-order valence-corrected chi connectivity index (χ1v) is 4.89. The summed E-state index contributed by atoms with van der Waals surface area (Å²) in [5.74, 6) is -3.69. The van der Waals surface area contributed by atoms with Crippen LogP contribution in [0.15, 0.2) is 0 Å². The van der Waals surface area contributed by atoms with Crippen molar-refractivity contribution in [3.8, 4) is 0 Å². The molecule has 1 saturated heterocycles. The van der Waals surface area contributed by atoms with Gasteiger partial charge < -0.3 is 15.3 Å². The van der Waals surface area contributed by atoms with E-state index in [1.54, 1.807) is 0 Å². The largest absolute Gasteiger partial charge is 0.465 e. The van der Waals surface area contributed by atoms with Gasteiger partial charge >= 0.3 is 18.4 Å². The first kappa shape index (κ1) is 18.1. The lowest BCUT2D eigenvalue weighted by Crippen LogP contribution is -2.62. The number of amides is 1. The van der Waals surface area contributed by atoms with Crippen LogP contribution in [0.4, 0.5) is 31.1 Å². The normalized spacial score (nSPS) is 21.2. The van der Waals surface area contributed by atoms with E-state index >= 15 is 0 Å². The number of rotatable bonds is 1. The number of piperazine rings is 1. The number of nitrogens with zero attached hydrogens (tertiary/aromatic N) is 1. The Balaban J connectivity index is 0.00000324. The fourth-order valence-corrected chi connectivity index (χ4v) is 1.88. The number of carbonyl (C=O) groups is 1. The molecule has 19 heavy (non-hydrogen) atoms. The monoisotopic (exact) mass is 316 g/mol. The van der Waals surface area contributed by atoms with Crippen LogP contribution in [0.2, 0.25) is 0 Å². The summed E-state index contributed by atoms with van der Waals surface area (Å²) in [6, 6.07) is -2.20. The van der Waals surface area contributed by atoms with E-state index in [1.807, 2.05) is 0 Å². The number of alkyl halides is 6. The van der Waals surface area contributed by atoms with Gasteiger partial charge in [-0.2, -0.15) is 26.3 Å². The minimum Gasteiger partial charge on any atom is -0.465 e. The van der Waals surface area contributed by atoms with Crippen LogP contribution in [0.25, 0.3) is 0 Å². The molecule has 1 unspecified atom stereocenters. The Morgan fingerprint density at radius 2 is 1.68 bits per heavy atom. The van der Waals surface area contributed by atoms with Crippen molar-refractivity contribution in [3.63, 3.8) is 0 Å². The highest BCUT2D eigenvalue weighted by Gasteiger charge is 2.62. The molecule has 0 aliphatic carbocycles. The minimum absolute atomic E-state index is 0. The van der Waals surface area contributed by atoms with E-state index in [0.717, 1.165) is 0 Å². The van der Waals surface area contributed by atoms with Crippen molar-refractivity contribution in [2.45, 2.75) is 18.4 Å². The molecule has 1 rings (SSSR count). The first-order chi connectivity index (χ1) is 8.05. The van der Waals surface area contributed by atoms with Crippen LogP contribution >= 0.6 is 12.4 Å². The first-order valence-electron chi connectivity index (χ1n) is 4.89. The summed E-state index contributed by atoms with van der Waals surface area (Å²) in [6.45, 7) is -1.08. The van der Waals surface area contributed by atoms with E-state index in [2.05, 4.69) is 5.32 Å². The smallest absolute Gasteiger partial charge is 0.407 e. The molecule has 1 aliphatic heterocycles. The number of nitrogens with one attached hydrogen (secondary N) is 1. The lowest BCUT2D eigenvalue weighted by molar-refractivity contribution is -0.298. The van der Waals surface area contributed by atoms with Gasteiger partial charge in [0.1, 0.15) is 0 Å². The fourth-order valence-electron chi connectivity index (χ4n) is 1.88. The maximum atomic E-state index is 12.5. The van der Waals surface area contributed by atoms with E-state index in [0.29, 0.717) is 0 Å². The lowest BCUT2D eigenvalue weighted by Gasteiger charge is -2.40. The molecule has 0 aromatic carbocycles. The maximum Gasteiger partial charge on any atom is 0.407 e. The highest BCUT2D eigenvalue weighted by atomic mass is 35.5. The second-order valence-electron chi connectivity index (χ2n) is 3.81. The standard InChI is InChI=1S/C8H10F6N2O2.ClH/c9-7(10,11)5(8(12,13)14)4-3-15-1-2-16(4)6(17)18;/h4-5,15H,1-3H2,(H,17,18);1H. The Hall–Kier alpha value is -0.900. The second-order valence-corrected chi connectivity index (χ2v) is 3.81. The fraction of sp³-hybridized carbons (Fsp3) is 0.875. The molecule has 1 atom stereocenters. The van der Waals surface area contributed by atoms with Crippen LogP contribution in [-0.2, 0) is 0 Å². The van der Waals surface area contributed by atoms with Gasteiger partial charge in [-0.15, -0.1) is 12.4 Å². The molecule has 114 valence electrons. The highest BCUT2D eigenvalue weighted by Crippen LogP contribution is 2.43. The van der Waals surface area contributed by atoms with Crippen molar-refractivity contribution >= 4 is 18.5 Å². The van der Waals surface area contributed by atoms with E-state index in [4.69, 9.17) is 5.11 Å². The zero-order valence-electron chi connectivity index (χ0n) is 9.25. The lowest BCUT2D eigenvalue weighted by atomic mass is 9.95. The molecule has 1 aliphatic rings. The average Bonchev–Trinajstić information content (AvgIpc) is 2.13. The number of hydrogen-bond acceptors (Lipinski definition) is 2. The highest BCUT2D eigenvalue weighted by molar-refractivity contribution is 5.85. The van der Waals surface area contributed by atoms with Crippen molar-refractivity contribution < 1.29 is 36.2 Å². The molecule has 0 radical (unpaired) electrons. The topological polar surface area (TPSA) is 52.6 Å². The molecule has 11 heteroatoms. The molecular formula is C8H11ClF6N2O2. The van der Waals surface area contributed by atoms with Gasteiger partial charge in [-0.3, -0.25) is 0 Å². The van der Waals surface area contributed by atoms with Gasteiger partial charge in [0, 0.05) is 19.6 Å². The third-order valence-corrected chi connectivity index (χ3v) is 2.62. The Morgan fingerprint density at radius 3 is 2.05 bits per heavy atom. The molecule has 0 bridgehead atoms. The van der Waals surface area contributed by atoms with Crippen LogP contribution < -0.4 is 5.32 Å². The van der Waals surface area contributed by atoms with Crippen LogP contribution in [0.3, 0.4) is 0 Å². The molecule has 1 heterocycles. The molecule has 0 saturated carbocycles. The Morgan fingerprint density at radius 1 is 1.21 bits per heavy atom. The van der Waals surface area contributed by atoms with Gasteiger partial charge in [-0.1, -0.05) is 0 Å². The zero-order valence-corrected chi connectivity index (χ0v) is 10.1. The third kappa shape index (κ3) is 4.30. The van der Waals surface area contributed by atoms with Gasteiger partial charge in [-0.25, -0.2) is 4.79 Å². The van der Waals surface area contributed by atoms with Crippen LogP contribution in [0, 0.1) is 5.92 Å². The summed E-state index contributed by atoms with van der Waals surface area (Å²) in [4.78, 5) is 10.9. The number of halogens is 7. The summed E-state index contributed by atoms with van der Waals surface area (Å²) in [6.07, 6.45) is -12.9. The van der Waals surface area contributed by atoms with E-state index in [-0.39, 0.29) is 23.9 Å². The molecule has 4 nitrogen and oxygen atoms in total. The van der Waals surface area contributed by atoms with Crippen molar-refractivity contribution in [2.75, 3.05) is 19.6 Å². The van der Waals surface area contributed by atoms with Crippen LogP contribution in [0.5, 0.6) is 0 Å². The number of hydrogen-bond donors (Lipinski definition) is 2. The quantitative estimate of drug-likeness (QED) is 0.729. The van der Waals surface area contributed by atoms with Crippen LogP contribution in [-0.4, -0.2) is 54.1 Å². The molecule has 1 amide bonds. The molecule has 2 N–H and O–H groups in total. The maximum absolute atomic E-state index is 12.5. The van der Waals surface area contributed by atoms with Crippen molar-refractivity contribution in [3.05, 3.63) is 0 Å². The Labute approximate surface area is 110 Å². The van der Waals surface area contributed by atoms with Crippen molar-refractivity contribution in [2.24, 2.45) is 5.92 Å². The van der Waals surface area contributed by atoms with Gasteiger partial charge in [0.25, 0.3) is 0 Å². The molecular weight excluding hydrogens is 306 g/mol. The zero-order chi connectivity index (χ0) is 14.1. The van der Waals surface area contributed by atoms with E-state index < -0.39 is 43.5 Å². The molecule has 0 aromatic rings. The summed E-state index contributed by atoms with van der Waals surface area (Å²) >= 11 is 0. The average molecular weight is 317 g/mol. The second kappa shape index (κ2) is 6.04. The van der Waals surface area contributed by atoms with Gasteiger partial charge in [-0.05, 0) is 0 Å². The van der Waals surface area contributed by atoms with Crippen molar-refractivity contribution in [1.82, 2.24) is 10.2 Å². The minimum atomic E-state index is -5.55. The van der Waals surface area contributed by atoms with Crippen LogP contribution in [0.1, 0.15) is 0 Å². The third-order valence-electron chi connectivity index (χ3n) is 2.62. The predicted octanol–water partition coefficient (Wildman–Crippen LogP) is 2.10. The SMILES string of the molecule is Cl.O=C(O)N1CCNCC1C(C(F)(F)F)C(F)(F)F. The summed E-state index contributed by atoms with van der Waals surface area (Å²) < 4.78 is 74.8. The Bertz CT molecular complexity index is 307. The predicted molar refractivity (Wildman–Crippen MR) is 54.2 cm³/mol. The van der Waals surface area contributed by atoms with E-state index in [1.165, 1.54) is 0 Å². The summed E-state index contributed by atoms with van der Waals surface area (Å²) in [5, 5.41) is 11.0. The summed E-state index contributed by atoms with van der Waals surface area (Å²) in [5.41, 5.74) is 0. The van der Waals surface area contributed by atoms with Gasteiger partial charge in [0.05, 0.1) is 6.04 Å². The van der Waals surface area contributed by atoms with Crippen molar-refractivity contribution in [1.29, 1.82) is 0 Å². The molecule has 1 fully saturated rings. The Kier molecular flexibility index (Phi) is 5.75.